The number of piperazine rings is 1. The van der Waals surface area contributed by atoms with Crippen molar-refractivity contribution < 1.29 is 56.0 Å². The van der Waals surface area contributed by atoms with Gasteiger partial charge < -0.3 is 23.7 Å². The molecular weight excluding hydrogens is 675 g/mol. The second-order valence-corrected chi connectivity index (χ2v) is 11.0. The molecule has 0 unspecified atom stereocenters. The van der Waals surface area contributed by atoms with E-state index in [4.69, 9.17) is 23.7 Å². The lowest BCUT2D eigenvalue weighted by Crippen LogP contribution is -2.81. The Morgan fingerprint density at radius 1 is 0.784 bits per heavy atom. The first-order valence-corrected chi connectivity index (χ1v) is 15.2. The average Bonchev–Trinajstić information content (AvgIpc) is 3.36. The van der Waals surface area contributed by atoms with Crippen LogP contribution in [0.4, 0.5) is 18.9 Å². The van der Waals surface area contributed by atoms with E-state index >= 15 is 0 Å². The summed E-state index contributed by atoms with van der Waals surface area (Å²) in [5, 5.41) is 0. The molecule has 0 aliphatic carbocycles. The van der Waals surface area contributed by atoms with Crippen molar-refractivity contribution in [1.29, 1.82) is 0 Å². The van der Waals surface area contributed by atoms with E-state index in [1.54, 1.807) is 54.6 Å². The summed E-state index contributed by atoms with van der Waals surface area (Å²) in [6.07, 6.45) is -1.77. The molecule has 0 radical (unpaired) electrons. The molecule has 2 spiro atoms. The summed E-state index contributed by atoms with van der Waals surface area (Å²) in [4.78, 5) is 59.8. The van der Waals surface area contributed by atoms with Crippen molar-refractivity contribution in [3.63, 3.8) is 0 Å². The molecule has 3 heterocycles. The van der Waals surface area contributed by atoms with Crippen LogP contribution < -0.4 is 4.74 Å². The zero-order valence-corrected chi connectivity index (χ0v) is 26.6. The van der Waals surface area contributed by atoms with E-state index in [1.807, 2.05) is 0 Å². The molecular formula is C36H26F3N3O9. The highest BCUT2D eigenvalue weighted by molar-refractivity contribution is 6.02. The third kappa shape index (κ3) is 7.17. The zero-order valence-electron chi connectivity index (χ0n) is 26.6. The molecule has 3 aromatic carbocycles. The molecule has 51 heavy (non-hydrogen) atoms. The number of aliphatic imine (C=N–C) groups is 1. The third-order valence-corrected chi connectivity index (χ3v) is 7.71. The van der Waals surface area contributed by atoms with E-state index in [2.05, 4.69) is 16.8 Å². The largest absolute Gasteiger partial charge is 0.497 e. The standard InChI is InChI=1S/C36H26F3N3O9/c1-47-28-13-11-27(12-14-28)40-29(15-10-24-6-3-2-4-7-24)42-21-20-41(23-25-8-5-9-26(22-25)34(37,38)39)35(48-30(43)16-17-31(44)49-35)36(42)50-32(45)18-19-33(46)51-36/h2-9,11-14,16-19,22H,20-21,23H2,1H3. The Hall–Kier alpha value is -6.40. The molecule has 0 aromatic heterocycles. The number of halogens is 3. The average molecular weight is 702 g/mol. The van der Waals surface area contributed by atoms with Crippen LogP contribution in [0.15, 0.2) is 108 Å². The zero-order chi connectivity index (χ0) is 36.2. The van der Waals surface area contributed by atoms with Gasteiger partial charge in [-0.1, -0.05) is 42.3 Å². The Bertz CT molecular complexity index is 1980. The minimum atomic E-state index is -4.71. The number of nitrogens with zero attached hydrogens (tertiary/aromatic N) is 3. The smallest absolute Gasteiger partial charge is 0.444 e. The van der Waals surface area contributed by atoms with Gasteiger partial charge in [0.2, 0.25) is 0 Å². The Labute approximate surface area is 288 Å². The van der Waals surface area contributed by atoms with Gasteiger partial charge >= 0.3 is 41.9 Å². The normalized spacial score (nSPS) is 18.5. The number of methoxy groups -OCH3 is 1. The van der Waals surface area contributed by atoms with Gasteiger partial charge in [-0.2, -0.15) is 13.2 Å². The van der Waals surface area contributed by atoms with Crippen molar-refractivity contribution in [1.82, 2.24) is 9.80 Å². The molecule has 0 N–H and O–H groups in total. The van der Waals surface area contributed by atoms with E-state index in [-0.39, 0.29) is 24.5 Å². The highest BCUT2D eigenvalue weighted by Crippen LogP contribution is 2.45. The molecule has 3 aliphatic heterocycles. The van der Waals surface area contributed by atoms with Crippen LogP contribution in [0.3, 0.4) is 0 Å². The number of hydrogen-bond acceptors (Lipinski definition) is 11. The maximum absolute atomic E-state index is 13.7. The second kappa shape index (κ2) is 13.8. The first-order valence-electron chi connectivity index (χ1n) is 15.2. The third-order valence-electron chi connectivity index (χ3n) is 7.71. The number of fused-ring (bicyclic) bond motifs is 1. The molecule has 0 amide bonds. The van der Waals surface area contributed by atoms with Crippen LogP contribution in [-0.4, -0.2) is 71.5 Å². The highest BCUT2D eigenvalue weighted by atomic mass is 19.4. The molecule has 0 saturated carbocycles. The van der Waals surface area contributed by atoms with Crippen molar-refractivity contribution in [2.45, 2.75) is 24.5 Å². The Kier molecular flexibility index (Phi) is 9.35. The van der Waals surface area contributed by atoms with Crippen LogP contribution >= 0.6 is 0 Å². The van der Waals surface area contributed by atoms with Gasteiger partial charge in [0.1, 0.15) is 5.75 Å². The van der Waals surface area contributed by atoms with E-state index < -0.39 is 54.0 Å². The number of carbonyl (C=O) groups excluding carboxylic acids is 4. The molecule has 3 aliphatic rings. The number of hydrogen-bond donors (Lipinski definition) is 0. The Balaban J connectivity index is 1.58. The SMILES string of the molecule is COc1ccc(N=C(C#Cc2ccccc2)N2CCN(Cc3cccc(C(F)(F)F)c3)C3(OC(=O)C=CC(=O)O3)C23OC(=O)C=CC(=O)O3)cc1. The van der Waals surface area contributed by atoms with Crippen molar-refractivity contribution in [3.05, 3.63) is 120 Å². The highest BCUT2D eigenvalue weighted by Gasteiger charge is 2.75. The molecule has 0 atom stereocenters. The molecule has 3 aromatic rings. The first kappa shape index (κ1) is 34.5. The fraction of sp³-hybridized carbons (Fsp3) is 0.194. The maximum Gasteiger partial charge on any atom is 0.444 e. The van der Waals surface area contributed by atoms with E-state index in [0.717, 1.165) is 52.3 Å². The van der Waals surface area contributed by atoms with Crippen molar-refractivity contribution in [2.75, 3.05) is 20.2 Å². The molecule has 1 saturated heterocycles. The lowest BCUT2D eigenvalue weighted by atomic mass is 10.1. The lowest BCUT2D eigenvalue weighted by Gasteiger charge is -2.55. The summed E-state index contributed by atoms with van der Waals surface area (Å²) in [6.45, 7) is -1.05. The van der Waals surface area contributed by atoms with Gasteiger partial charge in [0, 0.05) is 49.5 Å². The minimum Gasteiger partial charge on any atom is -0.497 e. The molecule has 260 valence electrons. The summed E-state index contributed by atoms with van der Waals surface area (Å²) in [5.41, 5.74) is -0.136. The van der Waals surface area contributed by atoms with Gasteiger partial charge in [-0.3, -0.25) is 4.90 Å². The summed E-state index contributed by atoms with van der Waals surface area (Å²) >= 11 is 0. The summed E-state index contributed by atoms with van der Waals surface area (Å²) in [7, 11) is 1.48. The predicted octanol–water partition coefficient (Wildman–Crippen LogP) is 4.23. The number of benzene rings is 3. The van der Waals surface area contributed by atoms with Crippen LogP contribution in [0.2, 0.25) is 0 Å². The van der Waals surface area contributed by atoms with Gasteiger partial charge in [0.25, 0.3) is 0 Å². The van der Waals surface area contributed by atoms with Gasteiger partial charge in [-0.05, 0) is 53.9 Å². The fourth-order valence-electron chi connectivity index (χ4n) is 5.46. The molecule has 15 heteroatoms. The van der Waals surface area contributed by atoms with Crippen LogP contribution in [0.25, 0.3) is 0 Å². The van der Waals surface area contributed by atoms with Crippen LogP contribution in [0.1, 0.15) is 16.7 Å². The number of carbonyl (C=O) groups is 4. The fourth-order valence-corrected chi connectivity index (χ4v) is 5.46. The first-order chi connectivity index (χ1) is 24.4. The van der Waals surface area contributed by atoms with Gasteiger partial charge in [0.05, 0.1) is 18.4 Å². The van der Waals surface area contributed by atoms with E-state index in [9.17, 15) is 32.3 Å². The van der Waals surface area contributed by atoms with Crippen LogP contribution in [-0.2, 0) is 50.8 Å². The minimum absolute atomic E-state index is 0.0255. The van der Waals surface area contributed by atoms with Crippen molar-refractivity contribution in [3.8, 4) is 17.6 Å². The molecule has 6 rings (SSSR count). The van der Waals surface area contributed by atoms with E-state index in [1.165, 1.54) is 13.2 Å². The number of alkyl halides is 3. The number of amidine groups is 1. The maximum atomic E-state index is 13.7. The van der Waals surface area contributed by atoms with Gasteiger partial charge in [-0.15, -0.1) is 0 Å². The topological polar surface area (TPSA) is 133 Å². The monoisotopic (exact) mass is 701 g/mol. The van der Waals surface area contributed by atoms with Crippen LogP contribution in [0, 0.1) is 11.8 Å². The molecule has 1 fully saturated rings. The number of rotatable bonds is 4. The van der Waals surface area contributed by atoms with Gasteiger partial charge in [-0.25, -0.2) is 29.1 Å². The Morgan fingerprint density at radius 3 is 1.94 bits per heavy atom. The summed E-state index contributed by atoms with van der Waals surface area (Å²) in [6, 6.07) is 19.3. The van der Waals surface area contributed by atoms with Crippen molar-refractivity contribution >= 4 is 35.4 Å². The molecule has 12 nitrogen and oxygen atoms in total. The predicted molar refractivity (Wildman–Crippen MR) is 170 cm³/mol. The van der Waals surface area contributed by atoms with Crippen LogP contribution in [0.5, 0.6) is 5.75 Å². The quantitative estimate of drug-likeness (QED) is 0.168. The number of esters is 4. The molecule has 0 bridgehead atoms. The van der Waals surface area contributed by atoms with E-state index in [0.29, 0.717) is 17.0 Å². The Morgan fingerprint density at radius 2 is 1.37 bits per heavy atom. The summed E-state index contributed by atoms with van der Waals surface area (Å²) < 4.78 is 69.5. The lowest BCUT2D eigenvalue weighted by molar-refractivity contribution is -0.453. The number of ether oxygens (including phenoxy) is 5. The van der Waals surface area contributed by atoms with Crippen molar-refractivity contribution in [2.24, 2.45) is 4.99 Å². The summed E-state index contributed by atoms with van der Waals surface area (Å²) in [5.74, 6) is -4.66. The second-order valence-electron chi connectivity index (χ2n) is 11.0. The van der Waals surface area contributed by atoms with Gasteiger partial charge in [0.15, 0.2) is 5.84 Å².